The summed E-state index contributed by atoms with van der Waals surface area (Å²) in [7, 11) is 0. The van der Waals surface area contributed by atoms with Crippen LogP contribution in [0.1, 0.15) is 29.7 Å². The number of nitrogens with one attached hydrogen (secondary N) is 1. The minimum atomic E-state index is -0.295. The Morgan fingerprint density at radius 3 is 2.42 bits per heavy atom. The maximum atomic E-state index is 14.0. The molecule has 5 heteroatoms. The maximum absolute atomic E-state index is 14.0. The number of benzene rings is 3. The van der Waals surface area contributed by atoms with Gasteiger partial charge in [0.15, 0.2) is 0 Å². The van der Waals surface area contributed by atoms with Gasteiger partial charge in [0.25, 0.3) is 5.56 Å². The van der Waals surface area contributed by atoms with Crippen molar-refractivity contribution in [1.29, 1.82) is 0 Å². The van der Waals surface area contributed by atoms with Crippen LogP contribution in [-0.2, 0) is 0 Å². The van der Waals surface area contributed by atoms with Crippen LogP contribution in [0.15, 0.2) is 120 Å². The summed E-state index contributed by atoms with van der Waals surface area (Å²) >= 11 is 1.55. The largest absolute Gasteiger partial charge is 0.326 e. The van der Waals surface area contributed by atoms with E-state index in [1.807, 2.05) is 37.3 Å². The Labute approximate surface area is 229 Å². The Balaban J connectivity index is 1.81. The van der Waals surface area contributed by atoms with Gasteiger partial charge in [0.05, 0.1) is 17.8 Å². The minimum absolute atomic E-state index is 0.151. The van der Waals surface area contributed by atoms with Gasteiger partial charge < -0.3 is 4.72 Å². The lowest BCUT2D eigenvalue weighted by Crippen LogP contribution is -2.28. The molecule has 1 heterocycles. The number of anilines is 1. The zero-order valence-corrected chi connectivity index (χ0v) is 23.2. The van der Waals surface area contributed by atoms with Gasteiger partial charge in [-0.3, -0.25) is 4.79 Å². The first kappa shape index (κ1) is 27.0. The number of hydrogen-bond acceptors (Lipinski definition) is 4. The van der Waals surface area contributed by atoms with Gasteiger partial charge in [-0.15, -0.1) is 0 Å². The van der Waals surface area contributed by atoms with Crippen molar-refractivity contribution < 1.29 is 0 Å². The second-order valence-corrected chi connectivity index (χ2v) is 10.2. The van der Waals surface area contributed by atoms with Crippen molar-refractivity contribution >= 4 is 17.6 Å². The number of aromatic nitrogens is 2. The van der Waals surface area contributed by atoms with Crippen LogP contribution in [-0.4, -0.2) is 9.78 Å². The smallest absolute Gasteiger partial charge is 0.275 e. The molecule has 0 aliphatic heterocycles. The number of rotatable bonds is 9. The van der Waals surface area contributed by atoms with Crippen LogP contribution in [0.5, 0.6) is 0 Å². The molecule has 3 aromatic carbocycles. The Morgan fingerprint density at radius 2 is 1.74 bits per heavy atom. The summed E-state index contributed by atoms with van der Waals surface area (Å²) in [6.45, 7) is 15.9. The van der Waals surface area contributed by atoms with Crippen LogP contribution in [0.25, 0.3) is 22.3 Å². The van der Waals surface area contributed by atoms with Crippen LogP contribution in [0, 0.1) is 20.8 Å². The number of hydrogen-bond donors (Lipinski definition) is 1. The van der Waals surface area contributed by atoms with Crippen molar-refractivity contribution in [3.05, 3.63) is 137 Å². The summed E-state index contributed by atoms with van der Waals surface area (Å²) in [5.74, 6) is 0. The predicted molar refractivity (Wildman–Crippen MR) is 163 cm³/mol. The summed E-state index contributed by atoms with van der Waals surface area (Å²) in [6, 6.07) is 22.3. The van der Waals surface area contributed by atoms with E-state index in [0.29, 0.717) is 5.56 Å². The highest BCUT2D eigenvalue weighted by Crippen LogP contribution is 2.33. The lowest BCUT2D eigenvalue weighted by Gasteiger charge is -2.19. The molecule has 1 aromatic heterocycles. The standard InChI is InChI=1S/C33H33N3OS/c1-7-10-26(8-2)25(6)36-33(37)32(28-16-15-23(4)24(5)19-28)31(21-34-36)27-11-9-12-29(20-27)35-38-30-17-13-22(3)14-18-30/h7-21,25,35H,1-2H2,3-6H3/b26-10+. The second-order valence-electron chi connectivity index (χ2n) is 9.36. The molecule has 4 nitrogen and oxygen atoms in total. The normalized spacial score (nSPS) is 12.2. The molecule has 0 saturated carbocycles. The van der Waals surface area contributed by atoms with E-state index in [1.165, 1.54) is 15.8 Å². The zero-order valence-electron chi connectivity index (χ0n) is 22.4. The first-order chi connectivity index (χ1) is 18.3. The molecule has 4 aromatic rings. The van der Waals surface area contributed by atoms with Gasteiger partial charge in [0.1, 0.15) is 0 Å². The first-order valence-electron chi connectivity index (χ1n) is 12.6. The number of aryl methyl sites for hydroxylation is 3. The van der Waals surface area contributed by atoms with E-state index in [0.717, 1.165) is 38.4 Å². The van der Waals surface area contributed by atoms with Gasteiger partial charge in [0.2, 0.25) is 0 Å². The predicted octanol–water partition coefficient (Wildman–Crippen LogP) is 8.48. The van der Waals surface area contributed by atoms with E-state index < -0.39 is 0 Å². The molecule has 0 aliphatic rings. The molecule has 38 heavy (non-hydrogen) atoms. The van der Waals surface area contributed by atoms with E-state index in [2.05, 4.69) is 86.2 Å². The lowest BCUT2D eigenvalue weighted by atomic mass is 9.94. The fourth-order valence-electron chi connectivity index (χ4n) is 4.27. The summed E-state index contributed by atoms with van der Waals surface area (Å²) in [5.41, 5.74) is 8.41. The molecule has 0 fully saturated rings. The van der Waals surface area contributed by atoms with Crippen molar-refractivity contribution in [2.45, 2.75) is 38.6 Å². The second kappa shape index (κ2) is 12.0. The fourth-order valence-corrected chi connectivity index (χ4v) is 4.90. The SMILES string of the molecule is C=C/C=C(\C=C)C(C)n1ncc(-c2cccc(NSc3ccc(C)cc3)c2)c(-c2ccc(C)c(C)c2)c1=O. The Kier molecular flexibility index (Phi) is 8.49. The Bertz CT molecular complexity index is 1560. The van der Waals surface area contributed by atoms with Gasteiger partial charge in [-0.25, -0.2) is 4.68 Å². The number of allylic oxidation sites excluding steroid dienone is 4. The molecule has 0 saturated heterocycles. The Hall–Kier alpha value is -4.09. The molecule has 0 radical (unpaired) electrons. The Morgan fingerprint density at radius 1 is 0.974 bits per heavy atom. The molecule has 192 valence electrons. The maximum Gasteiger partial charge on any atom is 0.275 e. The topological polar surface area (TPSA) is 46.9 Å². The van der Waals surface area contributed by atoms with Crippen molar-refractivity contribution in [1.82, 2.24) is 9.78 Å². The molecule has 1 atom stereocenters. The highest BCUT2D eigenvalue weighted by molar-refractivity contribution is 8.00. The molecule has 0 spiro atoms. The van der Waals surface area contributed by atoms with Gasteiger partial charge in [0, 0.05) is 16.1 Å². The molecule has 1 unspecified atom stereocenters. The van der Waals surface area contributed by atoms with Crippen LogP contribution < -0.4 is 10.3 Å². The highest BCUT2D eigenvalue weighted by atomic mass is 32.2. The van der Waals surface area contributed by atoms with Crippen LogP contribution >= 0.6 is 11.9 Å². The van der Waals surface area contributed by atoms with Crippen molar-refractivity contribution in [2.24, 2.45) is 0 Å². The highest BCUT2D eigenvalue weighted by Gasteiger charge is 2.20. The third-order valence-corrected chi connectivity index (χ3v) is 7.52. The molecular weight excluding hydrogens is 486 g/mol. The van der Waals surface area contributed by atoms with Crippen molar-refractivity contribution in [3.8, 4) is 22.3 Å². The average molecular weight is 520 g/mol. The summed E-state index contributed by atoms with van der Waals surface area (Å²) in [4.78, 5) is 15.2. The lowest BCUT2D eigenvalue weighted by molar-refractivity contribution is 0.533. The van der Waals surface area contributed by atoms with Gasteiger partial charge in [-0.1, -0.05) is 79.4 Å². The van der Waals surface area contributed by atoms with E-state index in [9.17, 15) is 4.79 Å². The third-order valence-electron chi connectivity index (χ3n) is 6.67. The third kappa shape index (κ3) is 5.90. The van der Waals surface area contributed by atoms with Crippen molar-refractivity contribution in [3.63, 3.8) is 0 Å². The van der Waals surface area contributed by atoms with E-state index in [-0.39, 0.29) is 11.6 Å². The molecule has 0 aliphatic carbocycles. The van der Waals surface area contributed by atoms with Gasteiger partial charge >= 0.3 is 0 Å². The molecule has 0 bridgehead atoms. The zero-order chi connectivity index (χ0) is 27.2. The van der Waals surface area contributed by atoms with Crippen LogP contribution in [0.3, 0.4) is 0 Å². The van der Waals surface area contributed by atoms with E-state index >= 15 is 0 Å². The number of nitrogens with zero attached hydrogens (tertiary/aromatic N) is 2. The van der Waals surface area contributed by atoms with Crippen LogP contribution in [0.4, 0.5) is 5.69 Å². The van der Waals surface area contributed by atoms with E-state index in [4.69, 9.17) is 0 Å². The molecular formula is C33H33N3OS. The summed E-state index contributed by atoms with van der Waals surface area (Å²) in [6.07, 6.45) is 7.09. The molecule has 4 rings (SSSR count). The van der Waals surface area contributed by atoms with Gasteiger partial charge in [-0.2, -0.15) is 5.10 Å². The fraction of sp³-hybridized carbons (Fsp3) is 0.152. The van der Waals surface area contributed by atoms with Crippen molar-refractivity contribution in [2.75, 3.05) is 4.72 Å². The summed E-state index contributed by atoms with van der Waals surface area (Å²) < 4.78 is 4.96. The summed E-state index contributed by atoms with van der Waals surface area (Å²) in [5, 5.41) is 4.62. The van der Waals surface area contributed by atoms with E-state index in [1.54, 1.807) is 30.3 Å². The first-order valence-corrected chi connectivity index (χ1v) is 13.4. The van der Waals surface area contributed by atoms with Gasteiger partial charge in [-0.05, 0) is 91.7 Å². The molecule has 0 amide bonds. The van der Waals surface area contributed by atoms with Crippen LogP contribution in [0.2, 0.25) is 0 Å². The monoisotopic (exact) mass is 519 g/mol. The molecule has 1 N–H and O–H groups in total. The minimum Gasteiger partial charge on any atom is -0.326 e. The average Bonchev–Trinajstić information content (AvgIpc) is 2.92. The quantitative estimate of drug-likeness (QED) is 0.178.